The fraction of sp³-hybridized carbons (Fsp3) is 0.217. The second-order valence-corrected chi connectivity index (χ2v) is 7.18. The minimum atomic E-state index is -0.248. The van der Waals surface area contributed by atoms with Crippen LogP contribution in [0.4, 0.5) is 0 Å². The summed E-state index contributed by atoms with van der Waals surface area (Å²) < 4.78 is 11.1. The van der Waals surface area contributed by atoms with Gasteiger partial charge in [-0.15, -0.1) is 0 Å². The standard InChI is InChI=1S/C23H22N4O3/c1-14-9-10-18(11-15(14)2)21-20-22(24-13-25-23(20)30-27-21)29-12-19(28)26-16(3)17-7-5-4-6-8-17/h4-11,13,16H,12H2,1-3H3,(H,26,28)/t16-/m0/s1. The van der Waals surface area contributed by atoms with Crippen LogP contribution in [0.25, 0.3) is 22.4 Å². The molecule has 0 fully saturated rings. The second kappa shape index (κ2) is 8.32. The highest BCUT2D eigenvalue weighted by Gasteiger charge is 2.19. The van der Waals surface area contributed by atoms with E-state index in [1.165, 1.54) is 11.9 Å². The summed E-state index contributed by atoms with van der Waals surface area (Å²) in [6, 6.07) is 15.6. The summed E-state index contributed by atoms with van der Waals surface area (Å²) in [5.41, 5.74) is 5.11. The van der Waals surface area contributed by atoms with Crippen molar-refractivity contribution >= 4 is 17.0 Å². The largest absolute Gasteiger partial charge is 0.467 e. The molecule has 0 spiro atoms. The molecule has 0 aliphatic heterocycles. The number of nitrogens with one attached hydrogen (secondary N) is 1. The molecule has 1 atom stereocenters. The number of fused-ring (bicyclic) bond motifs is 1. The number of hydrogen-bond acceptors (Lipinski definition) is 6. The Bertz CT molecular complexity index is 1190. The van der Waals surface area contributed by atoms with Gasteiger partial charge in [0.25, 0.3) is 11.6 Å². The predicted octanol–water partition coefficient (Wildman–Crippen LogP) is 4.16. The van der Waals surface area contributed by atoms with E-state index in [1.54, 1.807) is 0 Å². The summed E-state index contributed by atoms with van der Waals surface area (Å²) in [6.45, 7) is 5.83. The van der Waals surface area contributed by atoms with Crippen molar-refractivity contribution in [2.24, 2.45) is 0 Å². The van der Waals surface area contributed by atoms with E-state index >= 15 is 0 Å². The third-order valence-electron chi connectivity index (χ3n) is 5.04. The van der Waals surface area contributed by atoms with Gasteiger partial charge in [-0.1, -0.05) is 47.6 Å². The Morgan fingerprint density at radius 1 is 1.10 bits per heavy atom. The SMILES string of the molecule is Cc1ccc(-c2noc3ncnc(OCC(=O)N[C@@H](C)c4ccccc4)c23)cc1C. The van der Waals surface area contributed by atoms with Gasteiger partial charge in [0.1, 0.15) is 17.4 Å². The van der Waals surface area contributed by atoms with Crippen molar-refractivity contribution in [3.05, 3.63) is 71.5 Å². The van der Waals surface area contributed by atoms with E-state index in [-0.39, 0.29) is 24.4 Å². The molecule has 0 aliphatic carbocycles. The molecule has 2 aromatic heterocycles. The highest BCUT2D eigenvalue weighted by atomic mass is 16.5. The first kappa shape index (κ1) is 19.6. The average molecular weight is 402 g/mol. The van der Waals surface area contributed by atoms with E-state index in [2.05, 4.69) is 20.4 Å². The number of aromatic nitrogens is 3. The van der Waals surface area contributed by atoms with E-state index in [4.69, 9.17) is 9.26 Å². The lowest BCUT2D eigenvalue weighted by Crippen LogP contribution is -2.31. The van der Waals surface area contributed by atoms with Gasteiger partial charge in [0.05, 0.1) is 6.04 Å². The first-order valence-electron chi connectivity index (χ1n) is 9.68. The van der Waals surface area contributed by atoms with E-state index in [1.807, 2.05) is 69.3 Å². The smallest absolute Gasteiger partial charge is 0.265 e. The maximum Gasteiger partial charge on any atom is 0.265 e. The van der Waals surface area contributed by atoms with E-state index < -0.39 is 0 Å². The molecular weight excluding hydrogens is 380 g/mol. The van der Waals surface area contributed by atoms with Crippen LogP contribution in [0.5, 0.6) is 5.88 Å². The molecule has 152 valence electrons. The van der Waals surface area contributed by atoms with Crippen LogP contribution < -0.4 is 10.1 Å². The fourth-order valence-electron chi connectivity index (χ4n) is 3.20. The Morgan fingerprint density at radius 3 is 2.67 bits per heavy atom. The number of ether oxygens (including phenoxy) is 1. The third kappa shape index (κ3) is 4.00. The molecular formula is C23H22N4O3. The zero-order valence-electron chi connectivity index (χ0n) is 17.0. The molecule has 0 radical (unpaired) electrons. The molecule has 2 heterocycles. The minimum absolute atomic E-state index is 0.130. The van der Waals surface area contributed by atoms with Gasteiger partial charge < -0.3 is 14.6 Å². The molecule has 1 amide bonds. The lowest BCUT2D eigenvalue weighted by atomic mass is 10.0. The van der Waals surface area contributed by atoms with E-state index in [9.17, 15) is 4.79 Å². The van der Waals surface area contributed by atoms with Crippen molar-refractivity contribution in [3.8, 4) is 17.1 Å². The van der Waals surface area contributed by atoms with Crippen molar-refractivity contribution in [1.82, 2.24) is 20.4 Å². The molecule has 0 saturated carbocycles. The molecule has 7 heteroatoms. The lowest BCUT2D eigenvalue weighted by molar-refractivity contribution is -0.123. The number of nitrogens with zero attached hydrogens (tertiary/aromatic N) is 3. The van der Waals surface area contributed by atoms with Crippen molar-refractivity contribution in [3.63, 3.8) is 0 Å². The Kier molecular flexibility index (Phi) is 5.43. The topological polar surface area (TPSA) is 90.1 Å². The molecule has 1 N–H and O–H groups in total. The third-order valence-corrected chi connectivity index (χ3v) is 5.04. The summed E-state index contributed by atoms with van der Waals surface area (Å²) in [4.78, 5) is 20.7. The minimum Gasteiger partial charge on any atom is -0.467 e. The van der Waals surface area contributed by atoms with Gasteiger partial charge in [0.15, 0.2) is 6.61 Å². The molecule has 0 bridgehead atoms. The Hall–Kier alpha value is -3.74. The van der Waals surface area contributed by atoms with Gasteiger partial charge in [0, 0.05) is 5.56 Å². The number of carbonyl (C=O) groups excluding carboxylic acids is 1. The summed E-state index contributed by atoms with van der Waals surface area (Å²) in [5, 5.41) is 7.62. The van der Waals surface area contributed by atoms with Gasteiger partial charge in [0.2, 0.25) is 5.88 Å². The monoisotopic (exact) mass is 402 g/mol. The second-order valence-electron chi connectivity index (χ2n) is 7.18. The Balaban J connectivity index is 1.54. The maximum atomic E-state index is 12.4. The van der Waals surface area contributed by atoms with Crippen LogP contribution in [0.1, 0.15) is 29.7 Å². The van der Waals surface area contributed by atoms with Crippen molar-refractivity contribution in [2.45, 2.75) is 26.8 Å². The van der Waals surface area contributed by atoms with Crippen molar-refractivity contribution in [1.29, 1.82) is 0 Å². The van der Waals surface area contributed by atoms with E-state index in [0.29, 0.717) is 16.8 Å². The normalized spacial score (nSPS) is 12.0. The Morgan fingerprint density at radius 2 is 1.90 bits per heavy atom. The van der Waals surface area contributed by atoms with Crippen molar-refractivity contribution < 1.29 is 14.1 Å². The molecule has 4 rings (SSSR count). The van der Waals surface area contributed by atoms with Crippen LogP contribution in [0, 0.1) is 13.8 Å². The quantitative estimate of drug-likeness (QED) is 0.521. The highest BCUT2D eigenvalue weighted by Crippen LogP contribution is 2.33. The van der Waals surface area contributed by atoms with Gasteiger partial charge >= 0.3 is 0 Å². The summed E-state index contributed by atoms with van der Waals surface area (Å²) in [7, 11) is 0. The highest BCUT2D eigenvalue weighted by molar-refractivity contribution is 5.93. The van der Waals surface area contributed by atoms with Crippen LogP contribution in [0.3, 0.4) is 0 Å². The lowest BCUT2D eigenvalue weighted by Gasteiger charge is -2.14. The van der Waals surface area contributed by atoms with Gasteiger partial charge in [-0.3, -0.25) is 4.79 Å². The first-order valence-corrected chi connectivity index (χ1v) is 9.68. The number of amides is 1. The van der Waals surface area contributed by atoms with Crippen LogP contribution in [0.15, 0.2) is 59.4 Å². The van der Waals surface area contributed by atoms with Crippen LogP contribution in [0.2, 0.25) is 0 Å². The molecule has 7 nitrogen and oxygen atoms in total. The van der Waals surface area contributed by atoms with Gasteiger partial charge in [-0.2, -0.15) is 4.98 Å². The predicted molar refractivity (Wildman–Crippen MR) is 113 cm³/mol. The van der Waals surface area contributed by atoms with Gasteiger partial charge in [-0.05, 0) is 43.5 Å². The molecule has 2 aromatic carbocycles. The molecule has 30 heavy (non-hydrogen) atoms. The average Bonchev–Trinajstić information content (AvgIpc) is 3.19. The first-order chi connectivity index (χ1) is 14.5. The fourth-order valence-corrected chi connectivity index (χ4v) is 3.20. The van der Waals surface area contributed by atoms with E-state index in [0.717, 1.165) is 16.7 Å². The number of benzene rings is 2. The van der Waals surface area contributed by atoms with Crippen LogP contribution >= 0.6 is 0 Å². The zero-order chi connectivity index (χ0) is 21.1. The summed E-state index contributed by atoms with van der Waals surface area (Å²) in [6.07, 6.45) is 1.33. The molecule has 0 saturated heterocycles. The number of rotatable bonds is 6. The zero-order valence-corrected chi connectivity index (χ0v) is 17.0. The summed E-state index contributed by atoms with van der Waals surface area (Å²) >= 11 is 0. The maximum absolute atomic E-state index is 12.4. The molecule has 0 aliphatic rings. The molecule has 0 unspecified atom stereocenters. The number of hydrogen-bond donors (Lipinski definition) is 1. The Labute approximate surface area is 174 Å². The summed E-state index contributed by atoms with van der Waals surface area (Å²) in [5.74, 6) is 0.0132. The number of aryl methyl sites for hydroxylation is 2. The van der Waals surface area contributed by atoms with Gasteiger partial charge in [-0.25, -0.2) is 4.98 Å². The van der Waals surface area contributed by atoms with Crippen molar-refractivity contribution in [2.75, 3.05) is 6.61 Å². The van der Waals surface area contributed by atoms with Crippen LogP contribution in [-0.2, 0) is 4.79 Å². The van der Waals surface area contributed by atoms with Crippen LogP contribution in [-0.4, -0.2) is 27.6 Å². The molecule has 4 aromatic rings. The number of carbonyl (C=O) groups is 1.